The number of hydrogen-bond acceptors (Lipinski definition) is 0. The summed E-state index contributed by atoms with van der Waals surface area (Å²) in [6.45, 7) is 4.27. The van der Waals surface area contributed by atoms with Gasteiger partial charge in [-0.05, 0) is 48.2 Å². The molecule has 0 saturated carbocycles. The fraction of sp³-hybridized carbons (Fsp3) is 0.143. The van der Waals surface area contributed by atoms with E-state index in [0.717, 1.165) is 5.02 Å². The third kappa shape index (κ3) is 2.05. The van der Waals surface area contributed by atoms with E-state index in [2.05, 4.69) is 38.1 Å². The summed E-state index contributed by atoms with van der Waals surface area (Å²) in [7, 11) is 0. The van der Waals surface area contributed by atoms with E-state index in [1.54, 1.807) is 0 Å². The molecule has 2 aromatic carbocycles. The van der Waals surface area contributed by atoms with Gasteiger partial charge >= 0.3 is 0 Å². The predicted octanol–water partition coefficient (Wildman–Crippen LogP) is 4.62. The molecule has 0 spiro atoms. The Hall–Kier alpha value is -1.27. The van der Waals surface area contributed by atoms with Crippen LogP contribution >= 0.6 is 11.6 Å². The maximum Gasteiger partial charge on any atom is 0.0412 e. The van der Waals surface area contributed by atoms with Gasteiger partial charge in [0.15, 0.2) is 0 Å². The smallest absolute Gasteiger partial charge is 0.0412 e. The maximum absolute atomic E-state index is 5.99. The highest BCUT2D eigenvalue weighted by Crippen LogP contribution is 2.27. The van der Waals surface area contributed by atoms with E-state index in [1.165, 1.54) is 22.3 Å². The largest absolute Gasteiger partial charge is 0.0843 e. The molecule has 2 aromatic rings. The van der Waals surface area contributed by atoms with Crippen molar-refractivity contribution in [3.63, 3.8) is 0 Å². The molecule has 0 amide bonds. The van der Waals surface area contributed by atoms with Crippen molar-refractivity contribution < 1.29 is 0 Å². The highest BCUT2D eigenvalue weighted by atomic mass is 35.5. The first-order chi connectivity index (χ1) is 7.18. The van der Waals surface area contributed by atoms with Gasteiger partial charge in [-0.1, -0.05) is 41.9 Å². The first kappa shape index (κ1) is 10.3. The Balaban J connectivity index is 2.59. The molecule has 0 N–H and O–H groups in total. The fourth-order valence-electron chi connectivity index (χ4n) is 1.72. The first-order valence-electron chi connectivity index (χ1n) is 5.00. The van der Waals surface area contributed by atoms with Gasteiger partial charge in [0.1, 0.15) is 0 Å². The van der Waals surface area contributed by atoms with Crippen molar-refractivity contribution in [1.29, 1.82) is 0 Å². The zero-order valence-electron chi connectivity index (χ0n) is 8.92. The normalized spacial score (nSPS) is 10.3. The van der Waals surface area contributed by atoms with Gasteiger partial charge in [0.05, 0.1) is 0 Å². The average Bonchev–Trinajstić information content (AvgIpc) is 2.22. The van der Waals surface area contributed by atoms with E-state index in [9.17, 15) is 0 Å². The van der Waals surface area contributed by atoms with E-state index in [1.807, 2.05) is 18.2 Å². The van der Waals surface area contributed by atoms with Crippen LogP contribution in [0.5, 0.6) is 0 Å². The van der Waals surface area contributed by atoms with Crippen molar-refractivity contribution in [1.82, 2.24) is 0 Å². The number of benzene rings is 2. The Labute approximate surface area is 95.5 Å². The van der Waals surface area contributed by atoms with Crippen LogP contribution in [-0.4, -0.2) is 0 Å². The molecule has 0 radical (unpaired) electrons. The van der Waals surface area contributed by atoms with E-state index < -0.39 is 0 Å². The first-order valence-corrected chi connectivity index (χ1v) is 5.38. The zero-order chi connectivity index (χ0) is 10.8. The van der Waals surface area contributed by atoms with Gasteiger partial charge < -0.3 is 0 Å². The van der Waals surface area contributed by atoms with Crippen LogP contribution in [0.1, 0.15) is 11.1 Å². The lowest BCUT2D eigenvalue weighted by Gasteiger charge is -2.08. The summed E-state index contributed by atoms with van der Waals surface area (Å²) in [6.07, 6.45) is 0. The summed E-state index contributed by atoms with van der Waals surface area (Å²) in [5.74, 6) is 0. The quantitative estimate of drug-likeness (QED) is 0.652. The molecule has 0 bridgehead atoms. The summed E-state index contributed by atoms with van der Waals surface area (Å²) in [5, 5.41) is 0.786. The standard InChI is InChI=1S/C14H13Cl/c1-10-5-3-8-14(11(10)2)12-6-4-7-13(15)9-12/h3-9H,1-2H3. The molecule has 0 saturated heterocycles. The van der Waals surface area contributed by atoms with Crippen LogP contribution in [0.3, 0.4) is 0 Å². The maximum atomic E-state index is 5.99. The van der Waals surface area contributed by atoms with Crippen molar-refractivity contribution in [2.24, 2.45) is 0 Å². The number of hydrogen-bond donors (Lipinski definition) is 0. The minimum absolute atomic E-state index is 0.786. The van der Waals surface area contributed by atoms with Gasteiger partial charge in [-0.15, -0.1) is 0 Å². The van der Waals surface area contributed by atoms with Crippen LogP contribution in [-0.2, 0) is 0 Å². The number of aryl methyl sites for hydroxylation is 1. The summed E-state index contributed by atoms with van der Waals surface area (Å²) in [6, 6.07) is 14.3. The van der Waals surface area contributed by atoms with E-state index >= 15 is 0 Å². The van der Waals surface area contributed by atoms with Crippen molar-refractivity contribution in [2.75, 3.05) is 0 Å². The second-order valence-corrected chi connectivity index (χ2v) is 4.19. The molecule has 0 unspecified atom stereocenters. The molecule has 0 aliphatic rings. The topological polar surface area (TPSA) is 0 Å². The van der Waals surface area contributed by atoms with E-state index in [-0.39, 0.29) is 0 Å². The number of rotatable bonds is 1. The summed E-state index contributed by atoms with van der Waals surface area (Å²) in [5.41, 5.74) is 5.08. The molecule has 0 atom stereocenters. The molecule has 1 heteroatoms. The highest BCUT2D eigenvalue weighted by molar-refractivity contribution is 6.30. The Kier molecular flexibility index (Phi) is 2.79. The molecular weight excluding hydrogens is 204 g/mol. The molecule has 2 rings (SSSR count). The lowest BCUT2D eigenvalue weighted by molar-refractivity contribution is 1.34. The monoisotopic (exact) mass is 216 g/mol. The van der Waals surface area contributed by atoms with Crippen molar-refractivity contribution in [2.45, 2.75) is 13.8 Å². The summed E-state index contributed by atoms with van der Waals surface area (Å²) >= 11 is 5.99. The lowest BCUT2D eigenvalue weighted by atomic mass is 9.97. The van der Waals surface area contributed by atoms with Gasteiger partial charge in [0.25, 0.3) is 0 Å². The molecule has 0 aromatic heterocycles. The number of halogens is 1. The van der Waals surface area contributed by atoms with Crippen molar-refractivity contribution in [3.8, 4) is 11.1 Å². The van der Waals surface area contributed by atoms with E-state index in [0.29, 0.717) is 0 Å². The summed E-state index contributed by atoms with van der Waals surface area (Å²) < 4.78 is 0. The second kappa shape index (κ2) is 4.08. The summed E-state index contributed by atoms with van der Waals surface area (Å²) in [4.78, 5) is 0. The lowest BCUT2D eigenvalue weighted by Crippen LogP contribution is -1.86. The minimum Gasteiger partial charge on any atom is -0.0843 e. The van der Waals surface area contributed by atoms with Crippen molar-refractivity contribution in [3.05, 3.63) is 58.6 Å². The Morgan fingerprint density at radius 2 is 1.67 bits per heavy atom. The van der Waals surface area contributed by atoms with Crippen LogP contribution in [0.4, 0.5) is 0 Å². The SMILES string of the molecule is Cc1cccc(-c2cccc(Cl)c2)c1C. The van der Waals surface area contributed by atoms with Gasteiger partial charge in [-0.2, -0.15) is 0 Å². The van der Waals surface area contributed by atoms with Gasteiger partial charge in [-0.3, -0.25) is 0 Å². The highest BCUT2D eigenvalue weighted by Gasteiger charge is 2.03. The van der Waals surface area contributed by atoms with Gasteiger partial charge in [0, 0.05) is 5.02 Å². The van der Waals surface area contributed by atoms with E-state index in [4.69, 9.17) is 11.6 Å². The van der Waals surface area contributed by atoms with Gasteiger partial charge in [-0.25, -0.2) is 0 Å². The molecule has 76 valence electrons. The zero-order valence-corrected chi connectivity index (χ0v) is 9.68. The van der Waals surface area contributed by atoms with Crippen LogP contribution in [0.25, 0.3) is 11.1 Å². The van der Waals surface area contributed by atoms with Crippen molar-refractivity contribution >= 4 is 11.6 Å². The Morgan fingerprint density at radius 3 is 2.40 bits per heavy atom. The van der Waals surface area contributed by atoms with Crippen LogP contribution in [0, 0.1) is 13.8 Å². The van der Waals surface area contributed by atoms with Crippen LogP contribution < -0.4 is 0 Å². The molecular formula is C14H13Cl. The Bertz CT molecular complexity index is 486. The molecule has 0 aliphatic carbocycles. The molecule has 0 nitrogen and oxygen atoms in total. The third-order valence-electron chi connectivity index (χ3n) is 2.74. The predicted molar refractivity (Wildman–Crippen MR) is 66.4 cm³/mol. The average molecular weight is 217 g/mol. The minimum atomic E-state index is 0.786. The molecule has 0 heterocycles. The Morgan fingerprint density at radius 1 is 0.933 bits per heavy atom. The molecule has 0 aliphatic heterocycles. The fourth-order valence-corrected chi connectivity index (χ4v) is 1.91. The second-order valence-electron chi connectivity index (χ2n) is 3.76. The van der Waals surface area contributed by atoms with Crippen LogP contribution in [0.15, 0.2) is 42.5 Å². The van der Waals surface area contributed by atoms with Crippen LogP contribution in [0.2, 0.25) is 5.02 Å². The molecule has 15 heavy (non-hydrogen) atoms. The third-order valence-corrected chi connectivity index (χ3v) is 2.98. The molecule has 0 fully saturated rings. The van der Waals surface area contributed by atoms with Gasteiger partial charge in [0.2, 0.25) is 0 Å².